The monoisotopic (exact) mass is 284 g/mol. The molecule has 0 heterocycles. The van der Waals surface area contributed by atoms with Crippen LogP contribution in [0.1, 0.15) is 17.3 Å². The van der Waals surface area contributed by atoms with Crippen LogP contribution in [0.25, 0.3) is 0 Å². The quantitative estimate of drug-likeness (QED) is 0.838. The molecule has 3 nitrogen and oxygen atoms in total. The molecule has 0 radical (unpaired) electrons. The van der Waals surface area contributed by atoms with E-state index in [0.717, 1.165) is 6.07 Å². The first-order valence-corrected chi connectivity index (χ1v) is 5.38. The maximum Gasteiger partial charge on any atom is 0.254 e. The van der Waals surface area contributed by atoms with Gasteiger partial charge in [0.1, 0.15) is 11.9 Å². The van der Waals surface area contributed by atoms with Crippen molar-refractivity contribution in [3.8, 4) is 6.07 Å². The van der Waals surface area contributed by atoms with Crippen molar-refractivity contribution in [2.45, 2.75) is 13.0 Å². The van der Waals surface area contributed by atoms with Crippen molar-refractivity contribution in [1.29, 1.82) is 5.26 Å². The zero-order valence-electron chi connectivity index (χ0n) is 8.87. The minimum absolute atomic E-state index is 0.219. The fourth-order valence-electron chi connectivity index (χ4n) is 1.14. The Morgan fingerprint density at radius 3 is 2.69 bits per heavy atom. The van der Waals surface area contributed by atoms with Gasteiger partial charge in [0, 0.05) is 17.1 Å². The van der Waals surface area contributed by atoms with Gasteiger partial charge in [-0.2, -0.15) is 5.26 Å². The molecule has 0 fully saturated rings. The molecule has 1 atom stereocenters. The van der Waals surface area contributed by atoms with Crippen LogP contribution in [-0.4, -0.2) is 23.9 Å². The van der Waals surface area contributed by atoms with Crippen molar-refractivity contribution >= 4 is 21.8 Å². The highest BCUT2D eigenvalue weighted by atomic mass is 79.9. The molecular formula is C11H10BrFN2O. The summed E-state index contributed by atoms with van der Waals surface area (Å²) in [6, 6.07) is 5.33. The molecule has 16 heavy (non-hydrogen) atoms. The molecule has 1 unspecified atom stereocenters. The molecular weight excluding hydrogens is 275 g/mol. The normalized spacial score (nSPS) is 11.7. The summed E-state index contributed by atoms with van der Waals surface area (Å²) in [6.45, 7) is 1.60. The van der Waals surface area contributed by atoms with Gasteiger partial charge in [-0.1, -0.05) is 15.9 Å². The van der Waals surface area contributed by atoms with Crippen LogP contribution in [0, 0.1) is 17.1 Å². The van der Waals surface area contributed by atoms with E-state index < -0.39 is 11.9 Å². The van der Waals surface area contributed by atoms with Gasteiger partial charge in [0.2, 0.25) is 0 Å². The van der Waals surface area contributed by atoms with Crippen LogP contribution in [0.4, 0.5) is 4.39 Å². The Balaban J connectivity index is 3.01. The Kier molecular flexibility index (Phi) is 4.02. The molecule has 1 rings (SSSR count). The molecule has 0 saturated heterocycles. The van der Waals surface area contributed by atoms with E-state index in [4.69, 9.17) is 5.26 Å². The number of benzene rings is 1. The molecule has 0 aliphatic carbocycles. The van der Waals surface area contributed by atoms with Crippen LogP contribution in [0.2, 0.25) is 0 Å². The SMILES string of the molecule is CC(C#N)N(C)C(=O)c1cc(F)cc(Br)c1. The second-order valence-corrected chi connectivity index (χ2v) is 4.29. The van der Waals surface area contributed by atoms with E-state index in [2.05, 4.69) is 15.9 Å². The number of amides is 1. The Bertz CT molecular complexity index is 436. The lowest BCUT2D eigenvalue weighted by Gasteiger charge is -2.19. The molecule has 5 heteroatoms. The summed E-state index contributed by atoms with van der Waals surface area (Å²) >= 11 is 3.11. The zero-order chi connectivity index (χ0) is 12.3. The van der Waals surface area contributed by atoms with Crippen molar-refractivity contribution < 1.29 is 9.18 Å². The lowest BCUT2D eigenvalue weighted by Crippen LogP contribution is -2.34. The number of nitriles is 1. The van der Waals surface area contributed by atoms with Crippen molar-refractivity contribution in [2.24, 2.45) is 0 Å². The number of halogens is 2. The standard InChI is InChI=1S/C11H10BrFN2O/c1-7(6-14)15(2)11(16)8-3-9(12)5-10(13)4-8/h3-5,7H,1-2H3. The van der Waals surface area contributed by atoms with E-state index in [1.807, 2.05) is 6.07 Å². The molecule has 0 bridgehead atoms. The minimum Gasteiger partial charge on any atom is -0.326 e. The largest absolute Gasteiger partial charge is 0.326 e. The topological polar surface area (TPSA) is 44.1 Å². The van der Waals surface area contributed by atoms with Crippen molar-refractivity contribution in [2.75, 3.05) is 7.05 Å². The maximum atomic E-state index is 13.1. The lowest BCUT2D eigenvalue weighted by molar-refractivity contribution is 0.0772. The highest BCUT2D eigenvalue weighted by Crippen LogP contribution is 2.16. The molecule has 0 spiro atoms. The first kappa shape index (κ1) is 12.7. The number of nitrogens with zero attached hydrogens (tertiary/aromatic N) is 2. The number of carbonyl (C=O) groups is 1. The minimum atomic E-state index is -0.547. The highest BCUT2D eigenvalue weighted by Gasteiger charge is 2.17. The van der Waals surface area contributed by atoms with Crippen LogP contribution in [0.5, 0.6) is 0 Å². The zero-order valence-corrected chi connectivity index (χ0v) is 10.5. The van der Waals surface area contributed by atoms with Gasteiger partial charge in [-0.25, -0.2) is 4.39 Å². The van der Waals surface area contributed by atoms with Gasteiger partial charge in [0.25, 0.3) is 5.91 Å². The second kappa shape index (κ2) is 5.08. The van der Waals surface area contributed by atoms with E-state index in [1.165, 1.54) is 24.1 Å². The second-order valence-electron chi connectivity index (χ2n) is 3.38. The molecule has 0 aromatic heterocycles. The van der Waals surface area contributed by atoms with Gasteiger partial charge in [-0.15, -0.1) is 0 Å². The van der Waals surface area contributed by atoms with Gasteiger partial charge < -0.3 is 4.90 Å². The van der Waals surface area contributed by atoms with Crippen molar-refractivity contribution in [3.63, 3.8) is 0 Å². The number of rotatable bonds is 2. The third kappa shape index (κ3) is 2.80. The molecule has 0 aliphatic rings. The Morgan fingerprint density at radius 2 is 2.19 bits per heavy atom. The van der Waals surface area contributed by atoms with Gasteiger partial charge in [-0.05, 0) is 25.1 Å². The van der Waals surface area contributed by atoms with Crippen molar-refractivity contribution in [3.05, 3.63) is 34.1 Å². The molecule has 1 aromatic carbocycles. The summed E-state index contributed by atoms with van der Waals surface area (Å²) in [4.78, 5) is 13.1. The maximum absolute atomic E-state index is 13.1. The summed E-state index contributed by atoms with van der Waals surface area (Å²) in [5.74, 6) is -0.870. The number of carbonyl (C=O) groups excluding carboxylic acids is 1. The summed E-state index contributed by atoms with van der Waals surface area (Å²) < 4.78 is 13.6. The third-order valence-electron chi connectivity index (χ3n) is 2.20. The molecule has 1 amide bonds. The van der Waals surface area contributed by atoms with Gasteiger partial charge >= 0.3 is 0 Å². The summed E-state index contributed by atoms with van der Waals surface area (Å²) in [6.07, 6.45) is 0. The smallest absolute Gasteiger partial charge is 0.254 e. The Labute approximate surface area is 102 Å². The predicted octanol–water partition coefficient (Wildman–Crippen LogP) is 2.57. The molecule has 1 aromatic rings. The summed E-state index contributed by atoms with van der Waals surface area (Å²) in [5.41, 5.74) is 0.219. The first-order valence-electron chi connectivity index (χ1n) is 4.58. The Morgan fingerprint density at radius 1 is 1.56 bits per heavy atom. The van der Waals surface area contributed by atoms with E-state index in [-0.39, 0.29) is 11.5 Å². The average molecular weight is 285 g/mol. The molecule has 0 N–H and O–H groups in total. The number of hydrogen-bond acceptors (Lipinski definition) is 2. The van der Waals surface area contributed by atoms with E-state index >= 15 is 0 Å². The van der Waals surface area contributed by atoms with Gasteiger partial charge in [0.05, 0.1) is 6.07 Å². The fourth-order valence-corrected chi connectivity index (χ4v) is 1.61. The Hall–Kier alpha value is -1.41. The van der Waals surface area contributed by atoms with Crippen LogP contribution >= 0.6 is 15.9 Å². The van der Waals surface area contributed by atoms with Crippen LogP contribution in [-0.2, 0) is 0 Å². The van der Waals surface area contributed by atoms with E-state index in [1.54, 1.807) is 6.92 Å². The molecule has 0 aliphatic heterocycles. The predicted molar refractivity (Wildman–Crippen MR) is 61.3 cm³/mol. The van der Waals surface area contributed by atoms with Gasteiger partial charge in [-0.3, -0.25) is 4.79 Å². The fraction of sp³-hybridized carbons (Fsp3) is 0.273. The average Bonchev–Trinajstić information content (AvgIpc) is 2.24. The highest BCUT2D eigenvalue weighted by molar-refractivity contribution is 9.10. The molecule has 84 valence electrons. The van der Waals surface area contributed by atoms with E-state index in [9.17, 15) is 9.18 Å². The van der Waals surface area contributed by atoms with Crippen LogP contribution < -0.4 is 0 Å². The third-order valence-corrected chi connectivity index (χ3v) is 2.66. The summed E-state index contributed by atoms with van der Waals surface area (Å²) in [7, 11) is 1.51. The van der Waals surface area contributed by atoms with Crippen molar-refractivity contribution in [1.82, 2.24) is 4.90 Å². The van der Waals surface area contributed by atoms with E-state index in [0.29, 0.717) is 4.47 Å². The number of hydrogen-bond donors (Lipinski definition) is 0. The first-order chi connectivity index (χ1) is 7.45. The lowest BCUT2D eigenvalue weighted by atomic mass is 10.2. The summed E-state index contributed by atoms with van der Waals surface area (Å²) in [5, 5.41) is 8.68. The molecule has 0 saturated carbocycles. The van der Waals surface area contributed by atoms with Crippen LogP contribution in [0.3, 0.4) is 0 Å². The van der Waals surface area contributed by atoms with Gasteiger partial charge in [0.15, 0.2) is 0 Å². The van der Waals surface area contributed by atoms with Crippen LogP contribution in [0.15, 0.2) is 22.7 Å².